The first-order valence-corrected chi connectivity index (χ1v) is 7.67. The summed E-state index contributed by atoms with van der Waals surface area (Å²) in [5.74, 6) is 0. The van der Waals surface area contributed by atoms with Crippen LogP contribution in [0.25, 0.3) is 0 Å². The first-order chi connectivity index (χ1) is 8.65. The average Bonchev–Trinajstić information content (AvgIpc) is 2.83. The summed E-state index contributed by atoms with van der Waals surface area (Å²) in [5, 5.41) is 7.70. The normalized spacial score (nSPS) is 12.7. The van der Waals surface area contributed by atoms with Crippen molar-refractivity contribution in [1.82, 2.24) is 15.1 Å². The topological polar surface area (TPSA) is 29.9 Å². The van der Waals surface area contributed by atoms with E-state index in [0.717, 1.165) is 11.0 Å². The highest BCUT2D eigenvalue weighted by molar-refractivity contribution is 14.1. The van der Waals surface area contributed by atoms with Crippen molar-refractivity contribution in [3.63, 3.8) is 0 Å². The summed E-state index contributed by atoms with van der Waals surface area (Å²) in [5.41, 5.74) is 2.46. The van der Waals surface area contributed by atoms with Crippen molar-refractivity contribution >= 4 is 38.5 Å². The predicted octanol–water partition coefficient (Wildman–Crippen LogP) is 3.58. The smallest absolute Gasteiger partial charge is 0.0616 e. The zero-order valence-electron chi connectivity index (χ0n) is 10.3. The van der Waals surface area contributed by atoms with Crippen molar-refractivity contribution in [1.29, 1.82) is 0 Å². The Balaban J connectivity index is 2.41. The Hall–Kier alpha value is -0.400. The van der Waals surface area contributed by atoms with E-state index in [1.807, 2.05) is 17.9 Å². The van der Waals surface area contributed by atoms with Gasteiger partial charge in [0.15, 0.2) is 0 Å². The predicted molar refractivity (Wildman–Crippen MR) is 85.7 cm³/mol. The van der Waals surface area contributed by atoms with Gasteiger partial charge in [0.1, 0.15) is 0 Å². The highest BCUT2D eigenvalue weighted by Gasteiger charge is 2.16. The minimum atomic E-state index is 0.176. The van der Waals surface area contributed by atoms with Crippen LogP contribution in [0.5, 0.6) is 0 Å². The van der Waals surface area contributed by atoms with Crippen LogP contribution >= 0.6 is 38.5 Å². The van der Waals surface area contributed by atoms with E-state index >= 15 is 0 Å². The van der Waals surface area contributed by atoms with Gasteiger partial charge in [-0.1, -0.05) is 15.9 Å². The van der Waals surface area contributed by atoms with Gasteiger partial charge in [0.05, 0.1) is 12.2 Å². The maximum atomic E-state index is 4.34. The maximum Gasteiger partial charge on any atom is 0.0616 e. The number of hydrogen-bond acceptors (Lipinski definition) is 2. The third-order valence-corrected chi connectivity index (χ3v) is 4.34. The average molecular weight is 420 g/mol. The molecule has 1 N–H and O–H groups in total. The van der Waals surface area contributed by atoms with E-state index in [0.29, 0.717) is 0 Å². The standard InChI is InChI=1S/C13H15BrIN3/c1-3-18-8-9(7-17-18)13(16-2)11-6-10(14)4-5-12(11)15/h4-8,13,16H,3H2,1-2H3. The maximum absolute atomic E-state index is 4.34. The molecule has 1 aromatic carbocycles. The molecule has 3 nitrogen and oxygen atoms in total. The number of benzene rings is 1. The van der Waals surface area contributed by atoms with Crippen molar-refractivity contribution in [2.75, 3.05) is 7.05 Å². The van der Waals surface area contributed by atoms with Crippen LogP contribution in [0, 0.1) is 3.57 Å². The van der Waals surface area contributed by atoms with Gasteiger partial charge >= 0.3 is 0 Å². The Morgan fingerprint density at radius 1 is 1.50 bits per heavy atom. The van der Waals surface area contributed by atoms with E-state index in [9.17, 15) is 0 Å². The largest absolute Gasteiger partial charge is 0.309 e. The quantitative estimate of drug-likeness (QED) is 0.767. The molecular weight excluding hydrogens is 405 g/mol. The molecule has 0 saturated carbocycles. The summed E-state index contributed by atoms with van der Waals surface area (Å²) in [6.07, 6.45) is 4.03. The van der Waals surface area contributed by atoms with Gasteiger partial charge < -0.3 is 5.32 Å². The number of halogens is 2. The molecule has 0 bridgehead atoms. The van der Waals surface area contributed by atoms with Gasteiger partial charge in [-0.15, -0.1) is 0 Å². The van der Waals surface area contributed by atoms with Gasteiger partial charge in [-0.05, 0) is 60.3 Å². The summed E-state index contributed by atoms with van der Waals surface area (Å²) in [4.78, 5) is 0. The van der Waals surface area contributed by atoms with Gasteiger partial charge in [0.2, 0.25) is 0 Å². The summed E-state index contributed by atoms with van der Waals surface area (Å²) < 4.78 is 4.30. The lowest BCUT2D eigenvalue weighted by Crippen LogP contribution is -2.18. The first kappa shape index (κ1) is 14.0. The van der Waals surface area contributed by atoms with E-state index in [2.05, 4.69) is 80.3 Å². The molecule has 96 valence electrons. The molecule has 0 saturated heterocycles. The van der Waals surface area contributed by atoms with Crippen LogP contribution in [-0.2, 0) is 6.54 Å². The van der Waals surface area contributed by atoms with Crippen LogP contribution in [0.2, 0.25) is 0 Å². The summed E-state index contributed by atoms with van der Waals surface area (Å²) >= 11 is 5.90. The van der Waals surface area contributed by atoms with Gasteiger partial charge in [0, 0.05) is 26.3 Å². The van der Waals surface area contributed by atoms with Crippen LogP contribution in [0.4, 0.5) is 0 Å². The minimum absolute atomic E-state index is 0.176. The molecule has 2 aromatic rings. The van der Waals surface area contributed by atoms with E-state index in [4.69, 9.17) is 0 Å². The fourth-order valence-electron chi connectivity index (χ4n) is 1.94. The van der Waals surface area contributed by atoms with Crippen molar-refractivity contribution < 1.29 is 0 Å². The van der Waals surface area contributed by atoms with Crippen LogP contribution in [0.1, 0.15) is 24.1 Å². The molecule has 0 aliphatic rings. The Morgan fingerprint density at radius 3 is 2.89 bits per heavy atom. The number of rotatable bonds is 4. The van der Waals surface area contributed by atoms with E-state index in [1.54, 1.807) is 0 Å². The van der Waals surface area contributed by atoms with Gasteiger partial charge in [-0.2, -0.15) is 5.10 Å². The molecule has 0 amide bonds. The van der Waals surface area contributed by atoms with Crippen LogP contribution in [0.15, 0.2) is 35.1 Å². The van der Waals surface area contributed by atoms with Crippen molar-refractivity contribution in [2.24, 2.45) is 0 Å². The molecule has 5 heteroatoms. The molecule has 0 aliphatic heterocycles. The Labute approximate surface area is 129 Å². The van der Waals surface area contributed by atoms with Crippen molar-refractivity contribution in [3.05, 3.63) is 49.8 Å². The number of aromatic nitrogens is 2. The number of nitrogens with one attached hydrogen (secondary N) is 1. The highest BCUT2D eigenvalue weighted by atomic mass is 127. The monoisotopic (exact) mass is 419 g/mol. The lowest BCUT2D eigenvalue weighted by molar-refractivity contribution is 0.653. The zero-order valence-corrected chi connectivity index (χ0v) is 14.1. The van der Waals surface area contributed by atoms with Gasteiger partial charge in [-0.25, -0.2) is 0 Å². The lowest BCUT2D eigenvalue weighted by atomic mass is 10.0. The van der Waals surface area contributed by atoms with E-state index in [-0.39, 0.29) is 6.04 Å². The lowest BCUT2D eigenvalue weighted by Gasteiger charge is -2.17. The van der Waals surface area contributed by atoms with Crippen LogP contribution in [0.3, 0.4) is 0 Å². The summed E-state index contributed by atoms with van der Waals surface area (Å²) in [6, 6.07) is 6.52. The zero-order chi connectivity index (χ0) is 13.1. The number of aryl methyl sites for hydroxylation is 1. The summed E-state index contributed by atoms with van der Waals surface area (Å²) in [7, 11) is 1.98. The Kier molecular flexibility index (Phi) is 4.80. The highest BCUT2D eigenvalue weighted by Crippen LogP contribution is 2.28. The fourth-order valence-corrected chi connectivity index (χ4v) is 2.96. The molecule has 0 radical (unpaired) electrons. The fraction of sp³-hybridized carbons (Fsp3) is 0.308. The Bertz CT molecular complexity index is 539. The van der Waals surface area contributed by atoms with Crippen LogP contribution < -0.4 is 5.32 Å². The van der Waals surface area contributed by atoms with Crippen molar-refractivity contribution in [2.45, 2.75) is 19.5 Å². The molecule has 0 fully saturated rings. The van der Waals surface area contributed by atoms with Crippen LogP contribution in [-0.4, -0.2) is 16.8 Å². The Morgan fingerprint density at radius 2 is 2.28 bits per heavy atom. The molecular formula is C13H15BrIN3. The molecule has 0 spiro atoms. The SMILES string of the molecule is CCn1cc(C(NC)c2cc(Br)ccc2I)cn1. The third-order valence-electron chi connectivity index (χ3n) is 2.87. The number of nitrogens with zero attached hydrogens (tertiary/aromatic N) is 2. The van der Waals surface area contributed by atoms with Crippen molar-refractivity contribution in [3.8, 4) is 0 Å². The molecule has 2 rings (SSSR count). The second kappa shape index (κ2) is 6.16. The van der Waals surface area contributed by atoms with Gasteiger partial charge in [0.25, 0.3) is 0 Å². The molecule has 18 heavy (non-hydrogen) atoms. The van der Waals surface area contributed by atoms with Gasteiger partial charge in [-0.3, -0.25) is 4.68 Å². The second-order valence-electron chi connectivity index (χ2n) is 4.02. The molecule has 1 aromatic heterocycles. The summed E-state index contributed by atoms with van der Waals surface area (Å²) in [6.45, 7) is 2.99. The van der Waals surface area contributed by atoms with E-state index < -0.39 is 0 Å². The third kappa shape index (κ3) is 2.95. The molecule has 1 heterocycles. The number of hydrogen-bond donors (Lipinski definition) is 1. The minimum Gasteiger partial charge on any atom is -0.309 e. The molecule has 0 aliphatic carbocycles. The first-order valence-electron chi connectivity index (χ1n) is 5.80. The molecule has 1 unspecified atom stereocenters. The van der Waals surface area contributed by atoms with E-state index in [1.165, 1.54) is 14.7 Å². The molecule has 1 atom stereocenters. The second-order valence-corrected chi connectivity index (χ2v) is 6.09.